The third kappa shape index (κ3) is 6.75. The van der Waals surface area contributed by atoms with Gasteiger partial charge in [-0.05, 0) is 60.2 Å². The number of ether oxygens (including phenoxy) is 1. The normalized spacial score (nSPS) is 11.0. The van der Waals surface area contributed by atoms with Gasteiger partial charge in [-0.15, -0.1) is 23.1 Å². The number of nitrogens with zero attached hydrogens (tertiary/aromatic N) is 1. The minimum atomic E-state index is -0.191. The summed E-state index contributed by atoms with van der Waals surface area (Å²) in [5.74, 6) is 1.76. The van der Waals surface area contributed by atoms with Crippen LogP contribution in [-0.2, 0) is 4.79 Å². The quantitative estimate of drug-likeness (QED) is 0.216. The molecule has 3 rings (SSSR count). The molecule has 0 aliphatic rings. The first-order valence-electron chi connectivity index (χ1n) is 10.00. The Morgan fingerprint density at radius 1 is 1.13 bits per heavy atom. The van der Waals surface area contributed by atoms with Crippen molar-refractivity contribution in [1.29, 1.82) is 0 Å². The van der Waals surface area contributed by atoms with Gasteiger partial charge in [0.05, 0.1) is 12.8 Å². The maximum atomic E-state index is 12.2. The number of carbonyl (C=O) groups is 1. The Balaban J connectivity index is 1.51. The van der Waals surface area contributed by atoms with Gasteiger partial charge in [-0.25, -0.2) is 4.98 Å². The zero-order chi connectivity index (χ0) is 21.2. The smallest absolute Gasteiger partial charge is 0.250 e. The minimum absolute atomic E-state index is 0.191. The third-order valence-corrected chi connectivity index (χ3v) is 6.30. The van der Waals surface area contributed by atoms with Crippen molar-refractivity contribution < 1.29 is 9.53 Å². The molecule has 1 N–H and O–H groups in total. The number of hydrogen-bond donors (Lipinski definition) is 1. The summed E-state index contributed by atoms with van der Waals surface area (Å²) in [6, 6.07) is 16.0. The number of anilines is 1. The molecule has 0 saturated carbocycles. The van der Waals surface area contributed by atoms with Crippen molar-refractivity contribution in [3.05, 3.63) is 65.6 Å². The number of thioether (sulfide) groups is 1. The highest BCUT2D eigenvalue weighted by atomic mass is 32.2. The van der Waals surface area contributed by atoms with E-state index >= 15 is 0 Å². The average Bonchev–Trinajstić information content (AvgIpc) is 3.24. The van der Waals surface area contributed by atoms with E-state index in [0.29, 0.717) is 5.13 Å². The number of methoxy groups -OCH3 is 1. The molecule has 0 aliphatic heterocycles. The van der Waals surface area contributed by atoms with E-state index in [1.807, 2.05) is 59.6 Å². The number of unbranched alkanes of at least 4 members (excludes halogenated alkanes) is 2. The number of aromatic nitrogens is 1. The Bertz CT molecular complexity index is 964. The van der Waals surface area contributed by atoms with Crippen molar-refractivity contribution in [2.45, 2.75) is 31.1 Å². The summed E-state index contributed by atoms with van der Waals surface area (Å²) in [7, 11) is 1.64. The van der Waals surface area contributed by atoms with Crippen LogP contribution < -0.4 is 10.1 Å². The van der Waals surface area contributed by atoms with Crippen LogP contribution in [0.5, 0.6) is 5.75 Å². The van der Waals surface area contributed by atoms with Gasteiger partial charge in [0, 0.05) is 21.9 Å². The van der Waals surface area contributed by atoms with Crippen LogP contribution in [0, 0.1) is 0 Å². The maximum Gasteiger partial charge on any atom is 0.250 e. The first kappa shape index (κ1) is 22.1. The van der Waals surface area contributed by atoms with Crippen molar-refractivity contribution in [2.75, 3.05) is 18.2 Å². The fourth-order valence-corrected chi connectivity index (χ4v) is 4.40. The number of nitrogens with one attached hydrogen (secondary N) is 1. The second kappa shape index (κ2) is 11.6. The summed E-state index contributed by atoms with van der Waals surface area (Å²) in [6.07, 6.45) is 7.14. The predicted octanol–water partition coefficient (Wildman–Crippen LogP) is 6.75. The van der Waals surface area contributed by atoms with E-state index in [-0.39, 0.29) is 5.91 Å². The Morgan fingerprint density at radius 3 is 2.60 bits per heavy atom. The highest BCUT2D eigenvalue weighted by Crippen LogP contribution is 2.26. The molecule has 1 amide bonds. The first-order valence-corrected chi connectivity index (χ1v) is 11.9. The van der Waals surface area contributed by atoms with Gasteiger partial charge in [-0.1, -0.05) is 31.9 Å². The molecule has 0 radical (unpaired) electrons. The number of amides is 1. The summed E-state index contributed by atoms with van der Waals surface area (Å²) >= 11 is 3.29. The van der Waals surface area contributed by atoms with Crippen LogP contribution in [0.1, 0.15) is 31.7 Å². The largest absolute Gasteiger partial charge is 0.497 e. The second-order valence-corrected chi connectivity index (χ2v) is 8.74. The van der Waals surface area contributed by atoms with Gasteiger partial charge in [-0.3, -0.25) is 10.1 Å². The van der Waals surface area contributed by atoms with Gasteiger partial charge >= 0.3 is 0 Å². The molecule has 0 bridgehead atoms. The van der Waals surface area contributed by atoms with E-state index in [2.05, 4.69) is 29.4 Å². The number of rotatable bonds is 10. The molecule has 0 spiro atoms. The minimum Gasteiger partial charge on any atom is -0.497 e. The summed E-state index contributed by atoms with van der Waals surface area (Å²) in [4.78, 5) is 18.0. The predicted molar refractivity (Wildman–Crippen MR) is 128 cm³/mol. The van der Waals surface area contributed by atoms with E-state index in [0.717, 1.165) is 28.3 Å². The van der Waals surface area contributed by atoms with Crippen LogP contribution >= 0.6 is 23.1 Å². The average molecular weight is 439 g/mol. The Labute approximate surface area is 186 Å². The summed E-state index contributed by atoms with van der Waals surface area (Å²) in [5.41, 5.74) is 2.81. The van der Waals surface area contributed by atoms with E-state index < -0.39 is 0 Å². The van der Waals surface area contributed by atoms with Crippen molar-refractivity contribution in [2.24, 2.45) is 0 Å². The SMILES string of the molecule is CCCCCSc1ccc(/C=C/C(=O)Nc2nc(-c3ccc(OC)cc3)cs2)cc1. The van der Waals surface area contributed by atoms with Crippen molar-refractivity contribution in [3.63, 3.8) is 0 Å². The molecule has 0 unspecified atom stereocenters. The molecule has 0 atom stereocenters. The molecule has 0 fully saturated rings. The van der Waals surface area contributed by atoms with Crippen LogP contribution in [0.4, 0.5) is 5.13 Å². The molecule has 1 aromatic heterocycles. The van der Waals surface area contributed by atoms with Gasteiger partial charge in [0.15, 0.2) is 5.13 Å². The molecule has 0 aliphatic carbocycles. The van der Waals surface area contributed by atoms with Gasteiger partial charge in [0.25, 0.3) is 0 Å². The molecule has 1 heterocycles. The molecule has 30 heavy (non-hydrogen) atoms. The third-order valence-electron chi connectivity index (χ3n) is 4.44. The van der Waals surface area contributed by atoms with Crippen LogP contribution in [-0.4, -0.2) is 23.8 Å². The number of hydrogen-bond acceptors (Lipinski definition) is 5. The maximum absolute atomic E-state index is 12.2. The molecule has 0 saturated heterocycles. The molecule has 4 nitrogen and oxygen atoms in total. The van der Waals surface area contributed by atoms with E-state index in [1.54, 1.807) is 7.11 Å². The molecular formula is C24H26N2O2S2. The van der Waals surface area contributed by atoms with Crippen LogP contribution in [0.3, 0.4) is 0 Å². The lowest BCUT2D eigenvalue weighted by atomic mass is 10.2. The molecule has 156 valence electrons. The van der Waals surface area contributed by atoms with Crippen LogP contribution in [0.15, 0.2) is 64.9 Å². The second-order valence-electron chi connectivity index (χ2n) is 6.71. The van der Waals surface area contributed by atoms with Gasteiger partial charge in [0.2, 0.25) is 5.91 Å². The van der Waals surface area contributed by atoms with Crippen molar-refractivity contribution >= 4 is 40.2 Å². The van der Waals surface area contributed by atoms with Gasteiger partial charge in [-0.2, -0.15) is 0 Å². The first-order chi connectivity index (χ1) is 14.7. The molecule has 2 aromatic carbocycles. The van der Waals surface area contributed by atoms with Crippen LogP contribution in [0.2, 0.25) is 0 Å². The van der Waals surface area contributed by atoms with Crippen LogP contribution in [0.25, 0.3) is 17.3 Å². The highest BCUT2D eigenvalue weighted by molar-refractivity contribution is 7.99. The van der Waals surface area contributed by atoms with Gasteiger partial charge in [0.1, 0.15) is 5.75 Å². The summed E-state index contributed by atoms with van der Waals surface area (Å²) in [6.45, 7) is 2.22. The Kier molecular flexibility index (Phi) is 8.53. The zero-order valence-electron chi connectivity index (χ0n) is 17.3. The lowest BCUT2D eigenvalue weighted by Gasteiger charge is -2.02. The standard InChI is InChI=1S/C24H26N2O2S2/c1-3-4-5-16-29-21-13-6-18(7-14-21)8-15-23(27)26-24-25-22(17-30-24)19-9-11-20(28-2)12-10-19/h6-15,17H,3-5,16H2,1-2H3,(H,25,26,27)/b15-8+. The fourth-order valence-electron chi connectivity index (χ4n) is 2.76. The number of thiazole rings is 1. The lowest BCUT2D eigenvalue weighted by molar-refractivity contribution is -0.111. The Morgan fingerprint density at radius 2 is 1.90 bits per heavy atom. The molecule has 6 heteroatoms. The van der Waals surface area contributed by atoms with Gasteiger partial charge < -0.3 is 4.74 Å². The number of benzene rings is 2. The monoisotopic (exact) mass is 438 g/mol. The number of carbonyl (C=O) groups excluding carboxylic acids is 1. The van der Waals surface area contributed by atoms with E-state index in [1.165, 1.54) is 41.6 Å². The molecular weight excluding hydrogens is 412 g/mol. The van der Waals surface area contributed by atoms with Crippen molar-refractivity contribution in [3.8, 4) is 17.0 Å². The summed E-state index contributed by atoms with van der Waals surface area (Å²) in [5, 5.41) is 5.34. The molecule has 3 aromatic rings. The lowest BCUT2D eigenvalue weighted by Crippen LogP contribution is -2.07. The zero-order valence-corrected chi connectivity index (χ0v) is 18.9. The van der Waals surface area contributed by atoms with E-state index in [4.69, 9.17) is 4.74 Å². The van der Waals surface area contributed by atoms with E-state index in [9.17, 15) is 4.79 Å². The topological polar surface area (TPSA) is 51.2 Å². The fraction of sp³-hybridized carbons (Fsp3) is 0.250. The van der Waals surface area contributed by atoms with Crippen molar-refractivity contribution in [1.82, 2.24) is 4.98 Å². The Hall–Kier alpha value is -2.57. The highest BCUT2D eigenvalue weighted by Gasteiger charge is 2.07. The summed E-state index contributed by atoms with van der Waals surface area (Å²) < 4.78 is 5.18.